The number of carbonyl (C=O) groups excluding carboxylic acids is 1. The molecule has 0 saturated heterocycles. The van der Waals surface area contributed by atoms with Crippen molar-refractivity contribution in [3.8, 4) is 11.3 Å². The summed E-state index contributed by atoms with van der Waals surface area (Å²) in [5, 5.41) is 3.45. The zero-order valence-corrected chi connectivity index (χ0v) is 14.8. The summed E-state index contributed by atoms with van der Waals surface area (Å²) in [5.74, 6) is 0.0205. The van der Waals surface area contributed by atoms with E-state index >= 15 is 0 Å². The molecular formula is C20H18N6O. The fourth-order valence-electron chi connectivity index (χ4n) is 3.60. The van der Waals surface area contributed by atoms with Gasteiger partial charge in [-0.1, -0.05) is 18.2 Å². The van der Waals surface area contributed by atoms with Gasteiger partial charge >= 0.3 is 0 Å². The molecule has 27 heavy (non-hydrogen) atoms. The van der Waals surface area contributed by atoms with E-state index in [1.807, 2.05) is 43.4 Å². The molecule has 1 amide bonds. The number of imidazole rings is 1. The SMILES string of the molecule is CN1CCc2[nH]c(-c3ccnc4nc[nH]c34)c(Nc3ccccc3)c2C1=O. The molecule has 7 nitrogen and oxygen atoms in total. The molecule has 3 N–H and O–H groups in total. The van der Waals surface area contributed by atoms with E-state index in [1.54, 1.807) is 17.4 Å². The lowest BCUT2D eigenvalue weighted by Gasteiger charge is -2.23. The highest BCUT2D eigenvalue weighted by molar-refractivity contribution is 6.07. The highest BCUT2D eigenvalue weighted by Crippen LogP contribution is 2.39. The first kappa shape index (κ1) is 15.6. The van der Waals surface area contributed by atoms with Crippen molar-refractivity contribution in [3.63, 3.8) is 0 Å². The molecule has 4 aromatic rings. The Hall–Kier alpha value is -3.61. The zero-order valence-electron chi connectivity index (χ0n) is 14.8. The Kier molecular flexibility index (Phi) is 3.46. The van der Waals surface area contributed by atoms with E-state index in [1.165, 1.54) is 0 Å². The van der Waals surface area contributed by atoms with Gasteiger partial charge in [-0.3, -0.25) is 4.79 Å². The number of carbonyl (C=O) groups is 1. The summed E-state index contributed by atoms with van der Waals surface area (Å²) in [7, 11) is 1.84. The van der Waals surface area contributed by atoms with E-state index in [2.05, 4.69) is 25.3 Å². The van der Waals surface area contributed by atoms with Gasteiger partial charge in [0.1, 0.15) is 0 Å². The maximum Gasteiger partial charge on any atom is 0.257 e. The minimum atomic E-state index is 0.0205. The first-order valence-corrected chi connectivity index (χ1v) is 8.83. The minimum Gasteiger partial charge on any atom is -0.356 e. The summed E-state index contributed by atoms with van der Waals surface area (Å²) in [6.45, 7) is 0.701. The van der Waals surface area contributed by atoms with Gasteiger partial charge < -0.3 is 20.2 Å². The van der Waals surface area contributed by atoms with E-state index in [4.69, 9.17) is 0 Å². The van der Waals surface area contributed by atoms with E-state index in [-0.39, 0.29) is 5.91 Å². The number of fused-ring (bicyclic) bond motifs is 2. The molecule has 0 saturated carbocycles. The molecule has 1 aromatic carbocycles. The molecule has 0 unspecified atom stereocenters. The molecule has 0 spiro atoms. The van der Waals surface area contributed by atoms with Crippen molar-refractivity contribution in [2.75, 3.05) is 18.9 Å². The van der Waals surface area contributed by atoms with Crippen LogP contribution in [0.5, 0.6) is 0 Å². The largest absolute Gasteiger partial charge is 0.356 e. The van der Waals surface area contributed by atoms with Crippen LogP contribution in [0.15, 0.2) is 48.9 Å². The van der Waals surface area contributed by atoms with Gasteiger partial charge in [-0.25, -0.2) is 9.97 Å². The third-order valence-electron chi connectivity index (χ3n) is 4.97. The molecule has 1 aliphatic rings. The second-order valence-electron chi connectivity index (χ2n) is 6.66. The Morgan fingerprint density at radius 1 is 1.15 bits per heavy atom. The lowest BCUT2D eigenvalue weighted by Crippen LogP contribution is -2.34. The summed E-state index contributed by atoms with van der Waals surface area (Å²) >= 11 is 0. The Balaban J connectivity index is 1.75. The third kappa shape index (κ3) is 2.47. The Bertz CT molecular complexity index is 1140. The number of likely N-dealkylation sites (N-methyl/N-ethyl adjacent to an activating group) is 1. The van der Waals surface area contributed by atoms with Crippen LogP contribution in [0.1, 0.15) is 16.1 Å². The van der Waals surface area contributed by atoms with Gasteiger partial charge in [-0.2, -0.15) is 0 Å². The summed E-state index contributed by atoms with van der Waals surface area (Å²) in [6, 6.07) is 11.8. The van der Waals surface area contributed by atoms with Crippen LogP contribution < -0.4 is 5.32 Å². The average Bonchev–Trinajstić information content (AvgIpc) is 3.31. The highest BCUT2D eigenvalue weighted by atomic mass is 16.2. The number of benzene rings is 1. The Labute approximate surface area is 155 Å². The summed E-state index contributed by atoms with van der Waals surface area (Å²) < 4.78 is 0. The normalized spacial score (nSPS) is 13.8. The number of aromatic nitrogens is 4. The minimum absolute atomic E-state index is 0.0205. The van der Waals surface area contributed by atoms with Gasteiger partial charge in [0.05, 0.1) is 28.8 Å². The monoisotopic (exact) mass is 358 g/mol. The van der Waals surface area contributed by atoms with Crippen LogP contribution >= 0.6 is 0 Å². The van der Waals surface area contributed by atoms with Crippen molar-refractivity contribution in [2.24, 2.45) is 0 Å². The molecule has 0 aliphatic carbocycles. The standard InChI is InChI=1S/C20H18N6O/c1-26-10-8-14-15(20(26)27)18(24-12-5-3-2-4-6-12)16(25-14)13-7-9-21-19-17(13)22-11-23-19/h2-7,9,11,24-25H,8,10H2,1H3,(H,21,22,23). The summed E-state index contributed by atoms with van der Waals surface area (Å²) in [4.78, 5) is 29.9. The van der Waals surface area contributed by atoms with Crippen molar-refractivity contribution in [3.05, 3.63) is 60.2 Å². The van der Waals surface area contributed by atoms with Gasteiger partial charge in [0.15, 0.2) is 5.65 Å². The number of nitrogens with zero attached hydrogens (tertiary/aromatic N) is 3. The first-order chi connectivity index (χ1) is 13.2. The van der Waals surface area contributed by atoms with Crippen LogP contribution in [0.4, 0.5) is 11.4 Å². The number of anilines is 2. The number of nitrogens with one attached hydrogen (secondary N) is 3. The van der Waals surface area contributed by atoms with E-state index < -0.39 is 0 Å². The van der Waals surface area contributed by atoms with Gasteiger partial charge in [-0.05, 0) is 18.2 Å². The number of aromatic amines is 2. The Morgan fingerprint density at radius 2 is 2.00 bits per heavy atom. The maximum atomic E-state index is 12.9. The van der Waals surface area contributed by atoms with Crippen molar-refractivity contribution in [1.29, 1.82) is 0 Å². The molecular weight excluding hydrogens is 340 g/mol. The molecule has 5 rings (SSSR count). The first-order valence-electron chi connectivity index (χ1n) is 8.83. The molecule has 0 fully saturated rings. The molecule has 0 radical (unpaired) electrons. The average molecular weight is 358 g/mol. The van der Waals surface area contributed by atoms with Crippen molar-refractivity contribution in [1.82, 2.24) is 24.8 Å². The number of hydrogen-bond acceptors (Lipinski definition) is 4. The predicted octanol–water partition coefficient (Wildman–Crippen LogP) is 3.32. The van der Waals surface area contributed by atoms with Crippen LogP contribution in [-0.4, -0.2) is 44.3 Å². The van der Waals surface area contributed by atoms with Crippen molar-refractivity contribution < 1.29 is 4.79 Å². The number of rotatable bonds is 3. The smallest absolute Gasteiger partial charge is 0.257 e. The quantitative estimate of drug-likeness (QED) is 0.524. The molecule has 0 atom stereocenters. The molecule has 0 bridgehead atoms. The molecule has 134 valence electrons. The van der Waals surface area contributed by atoms with Crippen LogP contribution in [0.2, 0.25) is 0 Å². The number of H-pyrrole nitrogens is 2. The topological polar surface area (TPSA) is 89.7 Å². The summed E-state index contributed by atoms with van der Waals surface area (Å²) in [5.41, 5.74) is 6.65. The lowest BCUT2D eigenvalue weighted by molar-refractivity contribution is 0.0781. The van der Waals surface area contributed by atoms with Gasteiger partial charge in [0.25, 0.3) is 5.91 Å². The number of para-hydroxylation sites is 1. The van der Waals surface area contributed by atoms with Crippen LogP contribution in [0.3, 0.4) is 0 Å². The predicted molar refractivity (Wildman–Crippen MR) is 104 cm³/mol. The van der Waals surface area contributed by atoms with Gasteiger partial charge in [0, 0.05) is 43.2 Å². The fourth-order valence-corrected chi connectivity index (χ4v) is 3.60. The number of amides is 1. The molecule has 3 aromatic heterocycles. The van der Waals surface area contributed by atoms with E-state index in [0.29, 0.717) is 17.8 Å². The highest BCUT2D eigenvalue weighted by Gasteiger charge is 2.30. The van der Waals surface area contributed by atoms with E-state index in [0.717, 1.165) is 40.3 Å². The zero-order chi connectivity index (χ0) is 18.4. The van der Waals surface area contributed by atoms with Crippen LogP contribution in [-0.2, 0) is 6.42 Å². The Morgan fingerprint density at radius 3 is 2.85 bits per heavy atom. The molecule has 4 heterocycles. The van der Waals surface area contributed by atoms with Crippen LogP contribution in [0, 0.1) is 0 Å². The van der Waals surface area contributed by atoms with Gasteiger partial charge in [-0.15, -0.1) is 0 Å². The second-order valence-corrected chi connectivity index (χ2v) is 6.66. The second kappa shape index (κ2) is 5.98. The molecule has 7 heteroatoms. The van der Waals surface area contributed by atoms with E-state index in [9.17, 15) is 4.79 Å². The maximum absolute atomic E-state index is 12.9. The number of pyridine rings is 1. The molecule has 1 aliphatic heterocycles. The van der Waals surface area contributed by atoms with Crippen molar-refractivity contribution >= 4 is 28.4 Å². The van der Waals surface area contributed by atoms with Gasteiger partial charge in [0.2, 0.25) is 0 Å². The van der Waals surface area contributed by atoms with Crippen LogP contribution in [0.25, 0.3) is 22.4 Å². The van der Waals surface area contributed by atoms with Crippen molar-refractivity contribution in [2.45, 2.75) is 6.42 Å². The third-order valence-corrected chi connectivity index (χ3v) is 4.97. The number of hydrogen-bond donors (Lipinski definition) is 3. The fraction of sp³-hybridized carbons (Fsp3) is 0.150. The summed E-state index contributed by atoms with van der Waals surface area (Å²) in [6.07, 6.45) is 4.16. The lowest BCUT2D eigenvalue weighted by atomic mass is 10.0.